The summed E-state index contributed by atoms with van der Waals surface area (Å²) in [5.74, 6) is 0. The highest BCUT2D eigenvalue weighted by atomic mass is 35.5. The fourth-order valence-corrected chi connectivity index (χ4v) is 3.88. The van der Waals surface area contributed by atoms with Gasteiger partial charge in [0.05, 0.1) is 33.0 Å². The Bertz CT molecular complexity index is 1410. The van der Waals surface area contributed by atoms with E-state index < -0.39 is 11.7 Å². The summed E-state index contributed by atoms with van der Waals surface area (Å²) in [5.41, 5.74) is 2.39. The first-order valence-electron chi connectivity index (χ1n) is 9.11. The average molecular weight is 424 g/mol. The molecule has 0 spiro atoms. The van der Waals surface area contributed by atoms with Crippen LogP contribution in [-0.4, -0.2) is 14.5 Å². The quantitative estimate of drug-likeness (QED) is 0.309. The molecule has 0 amide bonds. The molecule has 30 heavy (non-hydrogen) atoms. The highest BCUT2D eigenvalue weighted by Crippen LogP contribution is 2.36. The summed E-state index contributed by atoms with van der Waals surface area (Å²) in [6, 6.07) is 18.5. The highest BCUT2D eigenvalue weighted by Gasteiger charge is 2.31. The Morgan fingerprint density at radius 2 is 1.63 bits per heavy atom. The Kier molecular flexibility index (Phi) is 4.25. The maximum Gasteiger partial charge on any atom is 0.416 e. The van der Waals surface area contributed by atoms with Crippen LogP contribution in [0.4, 0.5) is 13.2 Å². The second-order valence-corrected chi connectivity index (χ2v) is 7.23. The van der Waals surface area contributed by atoms with Crippen molar-refractivity contribution in [3.63, 3.8) is 0 Å². The first kappa shape index (κ1) is 18.6. The molecule has 0 aliphatic rings. The molecule has 2 aromatic heterocycles. The van der Waals surface area contributed by atoms with Crippen molar-refractivity contribution in [1.82, 2.24) is 14.5 Å². The molecule has 0 fully saturated rings. The second kappa shape index (κ2) is 6.85. The van der Waals surface area contributed by atoms with Gasteiger partial charge in [-0.2, -0.15) is 13.2 Å². The number of aromatic nitrogens is 3. The lowest BCUT2D eigenvalue weighted by Crippen LogP contribution is -2.05. The molecule has 3 nitrogen and oxygen atoms in total. The van der Waals surface area contributed by atoms with Crippen molar-refractivity contribution in [2.24, 2.45) is 0 Å². The molecule has 7 heteroatoms. The van der Waals surface area contributed by atoms with Gasteiger partial charge in [-0.25, -0.2) is 4.98 Å². The maximum atomic E-state index is 13.2. The monoisotopic (exact) mass is 423 g/mol. The minimum Gasteiger partial charge on any atom is -0.298 e. The van der Waals surface area contributed by atoms with Gasteiger partial charge in [-0.1, -0.05) is 41.9 Å². The van der Waals surface area contributed by atoms with Gasteiger partial charge in [0.1, 0.15) is 6.33 Å². The van der Waals surface area contributed by atoms with E-state index in [2.05, 4.69) is 9.97 Å². The topological polar surface area (TPSA) is 30.7 Å². The molecule has 0 aliphatic heterocycles. The third-order valence-electron chi connectivity index (χ3n) is 5.05. The first-order valence-corrected chi connectivity index (χ1v) is 9.48. The molecule has 0 atom stereocenters. The molecule has 3 aromatic carbocycles. The smallest absolute Gasteiger partial charge is 0.298 e. The molecular weight excluding hydrogens is 411 g/mol. The Hall–Kier alpha value is -3.38. The number of pyridine rings is 1. The van der Waals surface area contributed by atoms with Gasteiger partial charge in [0, 0.05) is 17.1 Å². The molecule has 0 saturated carbocycles. The standard InChI is InChI=1S/C23H13ClF3N3/c24-18-6-3-11-28-22(18)17-8-10-20(16-5-2-1-4-15(16)17)30-13-29-19-9-7-14(12-21(19)30)23(25,26)27/h1-13H. The summed E-state index contributed by atoms with van der Waals surface area (Å²) in [4.78, 5) is 8.69. The van der Waals surface area contributed by atoms with Crippen LogP contribution < -0.4 is 0 Å². The van der Waals surface area contributed by atoms with Crippen molar-refractivity contribution in [3.05, 3.63) is 89.8 Å². The van der Waals surface area contributed by atoms with Crippen molar-refractivity contribution in [3.8, 4) is 16.9 Å². The van der Waals surface area contributed by atoms with Gasteiger partial charge in [0.25, 0.3) is 0 Å². The zero-order chi connectivity index (χ0) is 20.9. The molecular formula is C23H13ClF3N3. The Labute approximate surface area is 174 Å². The number of imidazole rings is 1. The molecule has 0 unspecified atom stereocenters. The molecule has 0 bridgehead atoms. The Balaban J connectivity index is 1.78. The molecule has 2 heterocycles. The van der Waals surface area contributed by atoms with E-state index in [1.54, 1.807) is 29.2 Å². The zero-order valence-corrected chi connectivity index (χ0v) is 16.1. The van der Waals surface area contributed by atoms with Crippen molar-refractivity contribution >= 4 is 33.4 Å². The number of hydrogen-bond acceptors (Lipinski definition) is 2. The summed E-state index contributed by atoms with van der Waals surface area (Å²) < 4.78 is 41.4. The molecule has 5 aromatic rings. The number of fused-ring (bicyclic) bond motifs is 2. The van der Waals surface area contributed by atoms with E-state index in [1.807, 2.05) is 36.4 Å². The van der Waals surface area contributed by atoms with Gasteiger partial charge >= 0.3 is 6.18 Å². The molecule has 148 valence electrons. The van der Waals surface area contributed by atoms with Gasteiger partial charge in [-0.3, -0.25) is 9.55 Å². The van der Waals surface area contributed by atoms with E-state index in [4.69, 9.17) is 11.6 Å². The van der Waals surface area contributed by atoms with E-state index in [-0.39, 0.29) is 0 Å². The van der Waals surface area contributed by atoms with E-state index >= 15 is 0 Å². The predicted molar refractivity (Wildman–Crippen MR) is 112 cm³/mol. The van der Waals surface area contributed by atoms with Crippen molar-refractivity contribution in [2.75, 3.05) is 0 Å². The lowest BCUT2D eigenvalue weighted by Gasteiger charge is -2.14. The summed E-state index contributed by atoms with van der Waals surface area (Å²) in [7, 11) is 0. The van der Waals surface area contributed by atoms with E-state index in [1.165, 1.54) is 6.07 Å². The number of rotatable bonds is 2. The highest BCUT2D eigenvalue weighted by molar-refractivity contribution is 6.33. The Morgan fingerprint density at radius 1 is 0.833 bits per heavy atom. The van der Waals surface area contributed by atoms with Crippen LogP contribution in [-0.2, 0) is 6.18 Å². The van der Waals surface area contributed by atoms with Crippen LogP contribution in [0.15, 0.2) is 79.3 Å². The van der Waals surface area contributed by atoms with Gasteiger partial charge in [0.2, 0.25) is 0 Å². The van der Waals surface area contributed by atoms with Crippen LogP contribution in [0.3, 0.4) is 0 Å². The third kappa shape index (κ3) is 3.00. The van der Waals surface area contributed by atoms with Crippen LogP contribution in [0.1, 0.15) is 5.56 Å². The van der Waals surface area contributed by atoms with Crippen LogP contribution in [0.25, 0.3) is 38.8 Å². The predicted octanol–water partition coefficient (Wildman–Crippen LogP) is 6.91. The number of nitrogens with zero attached hydrogens (tertiary/aromatic N) is 3. The first-order chi connectivity index (χ1) is 14.4. The summed E-state index contributed by atoms with van der Waals surface area (Å²) in [5, 5.41) is 2.27. The normalized spacial score (nSPS) is 12.0. The zero-order valence-electron chi connectivity index (χ0n) is 15.4. The number of alkyl halides is 3. The van der Waals surface area contributed by atoms with E-state index in [0.717, 1.165) is 34.2 Å². The molecule has 0 saturated heterocycles. The molecule has 0 radical (unpaired) electrons. The van der Waals surface area contributed by atoms with Gasteiger partial charge in [0.15, 0.2) is 0 Å². The number of hydrogen-bond donors (Lipinski definition) is 0. The largest absolute Gasteiger partial charge is 0.416 e. The van der Waals surface area contributed by atoms with E-state index in [0.29, 0.717) is 21.7 Å². The van der Waals surface area contributed by atoms with Crippen LogP contribution in [0.2, 0.25) is 5.02 Å². The minimum atomic E-state index is -4.43. The summed E-state index contributed by atoms with van der Waals surface area (Å²) in [6.07, 6.45) is -1.21. The van der Waals surface area contributed by atoms with Crippen molar-refractivity contribution < 1.29 is 13.2 Å². The van der Waals surface area contributed by atoms with Crippen LogP contribution in [0, 0.1) is 0 Å². The van der Waals surface area contributed by atoms with Gasteiger partial charge in [-0.15, -0.1) is 0 Å². The van der Waals surface area contributed by atoms with Crippen LogP contribution >= 0.6 is 11.6 Å². The van der Waals surface area contributed by atoms with Crippen LogP contribution in [0.5, 0.6) is 0 Å². The molecule has 0 N–H and O–H groups in total. The molecule has 5 rings (SSSR count). The number of benzene rings is 3. The summed E-state index contributed by atoms with van der Waals surface area (Å²) in [6.45, 7) is 0. The summed E-state index contributed by atoms with van der Waals surface area (Å²) >= 11 is 6.35. The molecule has 0 aliphatic carbocycles. The fourth-order valence-electron chi connectivity index (χ4n) is 3.66. The van der Waals surface area contributed by atoms with Crippen molar-refractivity contribution in [2.45, 2.75) is 6.18 Å². The SMILES string of the molecule is FC(F)(F)c1ccc2ncn(-c3ccc(-c4ncccc4Cl)c4ccccc34)c2c1. The minimum absolute atomic E-state index is 0.388. The Morgan fingerprint density at radius 3 is 2.40 bits per heavy atom. The van der Waals surface area contributed by atoms with Gasteiger partial charge in [-0.05, 0) is 41.8 Å². The lowest BCUT2D eigenvalue weighted by molar-refractivity contribution is -0.137. The fraction of sp³-hybridized carbons (Fsp3) is 0.0435. The lowest BCUT2D eigenvalue weighted by atomic mass is 10.00. The average Bonchev–Trinajstić information content (AvgIpc) is 3.16. The van der Waals surface area contributed by atoms with Crippen molar-refractivity contribution in [1.29, 1.82) is 0 Å². The second-order valence-electron chi connectivity index (χ2n) is 6.83. The third-order valence-corrected chi connectivity index (χ3v) is 5.35. The number of halogens is 4. The van der Waals surface area contributed by atoms with Gasteiger partial charge < -0.3 is 0 Å². The maximum absolute atomic E-state index is 13.2. The van der Waals surface area contributed by atoms with E-state index in [9.17, 15) is 13.2 Å².